The number of nitrogens with zero attached hydrogens (tertiary/aromatic N) is 2. The van der Waals surface area contributed by atoms with Crippen molar-refractivity contribution in [1.82, 2.24) is 15.1 Å². The van der Waals surface area contributed by atoms with Crippen LogP contribution in [0.3, 0.4) is 0 Å². The molecule has 0 radical (unpaired) electrons. The van der Waals surface area contributed by atoms with Crippen LogP contribution >= 0.6 is 11.6 Å². The molecule has 6 heteroatoms. The van der Waals surface area contributed by atoms with E-state index < -0.39 is 0 Å². The summed E-state index contributed by atoms with van der Waals surface area (Å²) in [4.78, 5) is 12.7. The topological polar surface area (TPSA) is 46.9 Å². The van der Waals surface area contributed by atoms with Crippen molar-refractivity contribution in [2.24, 2.45) is 0 Å². The Hall–Kier alpha value is -3.18. The molecule has 0 saturated heterocycles. The molecule has 1 atom stereocenters. The van der Waals surface area contributed by atoms with Crippen molar-refractivity contribution in [3.8, 4) is 0 Å². The Morgan fingerprint density at radius 2 is 1.83 bits per heavy atom. The minimum absolute atomic E-state index is 0.192. The quantitative estimate of drug-likeness (QED) is 0.483. The van der Waals surface area contributed by atoms with Crippen molar-refractivity contribution in [2.45, 2.75) is 19.5 Å². The molecule has 1 aromatic heterocycles. The minimum Gasteiger partial charge on any atom is -0.346 e. The fraction of sp³-hybridized carbons (Fsp3) is 0.130. The van der Waals surface area contributed by atoms with Gasteiger partial charge in [-0.2, -0.15) is 5.10 Å². The van der Waals surface area contributed by atoms with Crippen molar-refractivity contribution in [3.63, 3.8) is 0 Å². The Kier molecular flexibility index (Phi) is 5.32. The molecule has 0 spiro atoms. The van der Waals surface area contributed by atoms with Gasteiger partial charge in [-0.05, 0) is 54.4 Å². The lowest BCUT2D eigenvalue weighted by molar-refractivity contribution is 0.0940. The van der Waals surface area contributed by atoms with Gasteiger partial charge in [-0.1, -0.05) is 41.9 Å². The summed E-state index contributed by atoms with van der Waals surface area (Å²) in [6, 6.07) is 19.0. The van der Waals surface area contributed by atoms with Gasteiger partial charge in [0.25, 0.3) is 5.91 Å². The van der Waals surface area contributed by atoms with E-state index >= 15 is 0 Å². The standard InChI is InChI=1S/C23H19ClFN3O/c1-15(17-6-10-21(25)11-7-17)27-23(29)18-4-5-19-13-26-28(22(19)12-18)14-16-2-8-20(24)9-3-16/h2-13,15H,14H2,1H3,(H,27,29). The summed E-state index contributed by atoms with van der Waals surface area (Å²) in [5, 5.41) is 9.05. The molecule has 29 heavy (non-hydrogen) atoms. The van der Waals surface area contributed by atoms with Crippen LogP contribution in [0.2, 0.25) is 5.02 Å². The Bertz CT molecular complexity index is 1150. The van der Waals surface area contributed by atoms with Crippen molar-refractivity contribution >= 4 is 28.4 Å². The summed E-state index contributed by atoms with van der Waals surface area (Å²) in [7, 11) is 0. The summed E-state index contributed by atoms with van der Waals surface area (Å²) in [5.41, 5.74) is 3.33. The first-order valence-electron chi connectivity index (χ1n) is 9.26. The fourth-order valence-corrected chi connectivity index (χ4v) is 3.34. The summed E-state index contributed by atoms with van der Waals surface area (Å²) >= 11 is 5.95. The predicted octanol–water partition coefficient (Wildman–Crippen LogP) is 5.37. The van der Waals surface area contributed by atoms with E-state index in [1.165, 1.54) is 12.1 Å². The Morgan fingerprint density at radius 1 is 1.10 bits per heavy atom. The molecule has 0 aliphatic carbocycles. The highest BCUT2D eigenvalue weighted by atomic mass is 35.5. The number of carbonyl (C=O) groups is 1. The maximum Gasteiger partial charge on any atom is 0.251 e. The van der Waals surface area contributed by atoms with E-state index in [0.29, 0.717) is 17.1 Å². The zero-order valence-corrected chi connectivity index (χ0v) is 16.5. The number of nitrogens with one attached hydrogen (secondary N) is 1. The van der Waals surface area contributed by atoms with Gasteiger partial charge in [0, 0.05) is 16.0 Å². The third-order valence-electron chi connectivity index (χ3n) is 4.87. The maximum absolute atomic E-state index is 13.1. The van der Waals surface area contributed by atoms with E-state index in [0.717, 1.165) is 22.0 Å². The highest BCUT2D eigenvalue weighted by Crippen LogP contribution is 2.19. The molecule has 1 heterocycles. The third-order valence-corrected chi connectivity index (χ3v) is 5.12. The van der Waals surface area contributed by atoms with E-state index in [2.05, 4.69) is 10.4 Å². The monoisotopic (exact) mass is 407 g/mol. The largest absolute Gasteiger partial charge is 0.346 e. The van der Waals surface area contributed by atoms with E-state index in [1.54, 1.807) is 24.4 Å². The molecule has 0 aliphatic heterocycles. The molecule has 0 saturated carbocycles. The van der Waals surface area contributed by atoms with Crippen molar-refractivity contribution in [1.29, 1.82) is 0 Å². The lowest BCUT2D eigenvalue weighted by atomic mass is 10.1. The van der Waals surface area contributed by atoms with Gasteiger partial charge in [-0.15, -0.1) is 0 Å². The van der Waals surface area contributed by atoms with Crippen LogP contribution in [0.1, 0.15) is 34.5 Å². The Morgan fingerprint density at radius 3 is 2.55 bits per heavy atom. The molecule has 1 unspecified atom stereocenters. The first kappa shape index (κ1) is 19.2. The number of amides is 1. The van der Waals surface area contributed by atoms with Gasteiger partial charge in [-0.25, -0.2) is 4.39 Å². The smallest absolute Gasteiger partial charge is 0.251 e. The molecule has 146 valence electrons. The molecule has 0 bridgehead atoms. The lowest BCUT2D eigenvalue weighted by Crippen LogP contribution is -2.26. The van der Waals surface area contributed by atoms with Crippen LogP contribution in [0.25, 0.3) is 10.9 Å². The third kappa shape index (κ3) is 4.30. The van der Waals surface area contributed by atoms with Gasteiger partial charge in [0.15, 0.2) is 0 Å². The molecule has 1 amide bonds. The first-order chi connectivity index (χ1) is 14.0. The number of halogens is 2. The average molecular weight is 408 g/mol. The van der Waals surface area contributed by atoms with Gasteiger partial charge in [0.2, 0.25) is 0 Å². The molecule has 0 aliphatic rings. The van der Waals surface area contributed by atoms with E-state index in [9.17, 15) is 9.18 Å². The van der Waals surface area contributed by atoms with Crippen LogP contribution in [0, 0.1) is 5.82 Å². The maximum atomic E-state index is 13.1. The highest BCUT2D eigenvalue weighted by Gasteiger charge is 2.13. The second-order valence-electron chi connectivity index (χ2n) is 6.95. The Labute approximate surface area is 172 Å². The molecule has 1 N–H and O–H groups in total. The molecular formula is C23H19ClFN3O. The number of aromatic nitrogens is 2. The van der Waals surface area contributed by atoms with Crippen molar-refractivity contribution < 1.29 is 9.18 Å². The van der Waals surface area contributed by atoms with Crippen LogP contribution in [0.5, 0.6) is 0 Å². The normalized spacial score (nSPS) is 12.1. The molecular weight excluding hydrogens is 389 g/mol. The molecule has 0 fully saturated rings. The summed E-state index contributed by atoms with van der Waals surface area (Å²) in [6.07, 6.45) is 1.79. The number of benzene rings is 3. The average Bonchev–Trinajstić information content (AvgIpc) is 3.12. The fourth-order valence-electron chi connectivity index (χ4n) is 3.22. The van der Waals surface area contributed by atoms with E-state index in [-0.39, 0.29) is 17.8 Å². The van der Waals surface area contributed by atoms with Gasteiger partial charge in [-0.3, -0.25) is 9.48 Å². The minimum atomic E-state index is -0.299. The molecule has 3 aromatic carbocycles. The predicted molar refractivity (Wildman–Crippen MR) is 113 cm³/mol. The van der Waals surface area contributed by atoms with Crippen molar-refractivity contribution in [3.05, 3.63) is 100 Å². The highest BCUT2D eigenvalue weighted by molar-refractivity contribution is 6.30. The summed E-state index contributed by atoms with van der Waals surface area (Å²) in [6.45, 7) is 2.45. The zero-order chi connectivity index (χ0) is 20.4. The molecule has 4 aromatic rings. The van der Waals surface area contributed by atoms with Crippen LogP contribution in [-0.4, -0.2) is 15.7 Å². The second-order valence-corrected chi connectivity index (χ2v) is 7.39. The lowest BCUT2D eigenvalue weighted by Gasteiger charge is -2.14. The number of hydrogen-bond donors (Lipinski definition) is 1. The van der Waals surface area contributed by atoms with Gasteiger partial charge < -0.3 is 5.32 Å². The van der Waals surface area contributed by atoms with E-state index in [1.807, 2.05) is 48.0 Å². The Balaban J connectivity index is 1.55. The number of fused-ring (bicyclic) bond motifs is 1. The number of carbonyl (C=O) groups excluding carboxylic acids is 1. The number of rotatable bonds is 5. The van der Waals surface area contributed by atoms with Gasteiger partial charge in [0.05, 0.1) is 24.3 Å². The SMILES string of the molecule is CC(NC(=O)c1ccc2cnn(Cc3ccc(Cl)cc3)c2c1)c1ccc(F)cc1. The van der Waals surface area contributed by atoms with E-state index in [4.69, 9.17) is 11.6 Å². The number of hydrogen-bond acceptors (Lipinski definition) is 2. The second kappa shape index (κ2) is 8.05. The summed E-state index contributed by atoms with van der Waals surface area (Å²) in [5.74, 6) is -0.491. The van der Waals surface area contributed by atoms with Crippen LogP contribution in [0.15, 0.2) is 72.9 Å². The van der Waals surface area contributed by atoms with Crippen LogP contribution in [0.4, 0.5) is 4.39 Å². The van der Waals surface area contributed by atoms with Gasteiger partial charge in [0.1, 0.15) is 5.82 Å². The summed E-state index contributed by atoms with van der Waals surface area (Å²) < 4.78 is 15.0. The molecule has 4 nitrogen and oxygen atoms in total. The van der Waals surface area contributed by atoms with Crippen molar-refractivity contribution in [2.75, 3.05) is 0 Å². The van der Waals surface area contributed by atoms with Crippen LogP contribution in [-0.2, 0) is 6.54 Å². The van der Waals surface area contributed by atoms with Gasteiger partial charge >= 0.3 is 0 Å². The first-order valence-corrected chi connectivity index (χ1v) is 9.64. The zero-order valence-electron chi connectivity index (χ0n) is 15.8. The van der Waals surface area contributed by atoms with Crippen LogP contribution < -0.4 is 5.32 Å². The molecule has 4 rings (SSSR count).